The van der Waals surface area contributed by atoms with Crippen molar-refractivity contribution < 1.29 is 9.26 Å². The molecule has 0 N–H and O–H groups in total. The Balaban J connectivity index is 2.34. The molecule has 0 aliphatic carbocycles. The maximum Gasteiger partial charge on any atom is 0.258 e. The Hall–Kier alpha value is -1.84. The third-order valence-corrected chi connectivity index (χ3v) is 2.27. The lowest BCUT2D eigenvalue weighted by Gasteiger charge is -1.99. The molecule has 1 aromatic heterocycles. The molecule has 0 fully saturated rings. The monoisotopic (exact) mass is 218 g/mol. The Morgan fingerprint density at radius 2 is 2.12 bits per heavy atom. The van der Waals surface area contributed by atoms with Crippen LogP contribution in [0.25, 0.3) is 11.5 Å². The van der Waals surface area contributed by atoms with Crippen LogP contribution in [0.4, 0.5) is 0 Å². The Kier molecular flexibility index (Phi) is 2.90. The third-order valence-electron chi connectivity index (χ3n) is 2.27. The fraction of sp³-hybridized carbons (Fsp3) is 0.333. The standard InChI is InChI=1S/C12H14N2O2/c1-8(2)11-13-12(16-14-11)9-5-4-6-10(7-9)15-3/h4-8H,1-3H3. The highest BCUT2D eigenvalue weighted by molar-refractivity contribution is 5.55. The van der Waals surface area contributed by atoms with Gasteiger partial charge in [0.1, 0.15) is 5.75 Å². The molecule has 1 heterocycles. The van der Waals surface area contributed by atoms with E-state index in [4.69, 9.17) is 9.26 Å². The van der Waals surface area contributed by atoms with E-state index in [-0.39, 0.29) is 5.92 Å². The fourth-order valence-electron chi connectivity index (χ4n) is 1.34. The van der Waals surface area contributed by atoms with Crippen LogP contribution in [0, 0.1) is 0 Å². The second-order valence-electron chi connectivity index (χ2n) is 3.84. The molecule has 0 aliphatic rings. The van der Waals surface area contributed by atoms with Crippen LogP contribution >= 0.6 is 0 Å². The number of rotatable bonds is 3. The molecule has 84 valence electrons. The zero-order chi connectivity index (χ0) is 11.5. The summed E-state index contributed by atoms with van der Waals surface area (Å²) in [6.45, 7) is 4.06. The van der Waals surface area contributed by atoms with Crippen LogP contribution in [-0.4, -0.2) is 17.3 Å². The van der Waals surface area contributed by atoms with Crippen molar-refractivity contribution >= 4 is 0 Å². The number of ether oxygens (including phenoxy) is 1. The van der Waals surface area contributed by atoms with Gasteiger partial charge in [-0.25, -0.2) is 0 Å². The van der Waals surface area contributed by atoms with Gasteiger partial charge in [0.25, 0.3) is 5.89 Å². The Morgan fingerprint density at radius 1 is 1.31 bits per heavy atom. The number of aromatic nitrogens is 2. The SMILES string of the molecule is COc1cccc(-c2nc(C(C)C)no2)c1. The Labute approximate surface area is 94.2 Å². The van der Waals surface area contributed by atoms with E-state index in [2.05, 4.69) is 10.1 Å². The highest BCUT2D eigenvalue weighted by Crippen LogP contribution is 2.23. The summed E-state index contributed by atoms with van der Waals surface area (Å²) in [4.78, 5) is 4.32. The van der Waals surface area contributed by atoms with Gasteiger partial charge in [-0.15, -0.1) is 0 Å². The molecule has 0 saturated carbocycles. The van der Waals surface area contributed by atoms with Crippen molar-refractivity contribution in [3.63, 3.8) is 0 Å². The van der Waals surface area contributed by atoms with Crippen LogP contribution in [0.15, 0.2) is 28.8 Å². The quantitative estimate of drug-likeness (QED) is 0.794. The highest BCUT2D eigenvalue weighted by Gasteiger charge is 2.11. The van der Waals surface area contributed by atoms with E-state index in [0.29, 0.717) is 5.89 Å². The van der Waals surface area contributed by atoms with Crippen LogP contribution in [-0.2, 0) is 0 Å². The van der Waals surface area contributed by atoms with E-state index in [1.54, 1.807) is 7.11 Å². The number of methoxy groups -OCH3 is 1. The molecule has 4 nitrogen and oxygen atoms in total. The lowest BCUT2D eigenvalue weighted by molar-refractivity contribution is 0.411. The molecule has 1 aromatic carbocycles. The van der Waals surface area contributed by atoms with Crippen molar-refractivity contribution in [3.05, 3.63) is 30.1 Å². The first-order valence-corrected chi connectivity index (χ1v) is 5.18. The molecule has 0 saturated heterocycles. The normalized spacial score (nSPS) is 10.8. The molecule has 0 radical (unpaired) electrons. The van der Waals surface area contributed by atoms with Gasteiger partial charge in [0.2, 0.25) is 0 Å². The summed E-state index contributed by atoms with van der Waals surface area (Å²) >= 11 is 0. The maximum absolute atomic E-state index is 5.19. The molecule has 0 amide bonds. The molecule has 2 aromatic rings. The van der Waals surface area contributed by atoms with Crippen molar-refractivity contribution in [2.75, 3.05) is 7.11 Å². The summed E-state index contributed by atoms with van der Waals surface area (Å²) in [5.74, 6) is 2.30. The van der Waals surface area contributed by atoms with Crippen molar-refractivity contribution in [1.82, 2.24) is 10.1 Å². The van der Waals surface area contributed by atoms with E-state index >= 15 is 0 Å². The smallest absolute Gasteiger partial charge is 0.258 e. The van der Waals surface area contributed by atoms with Crippen molar-refractivity contribution in [2.45, 2.75) is 19.8 Å². The lowest BCUT2D eigenvalue weighted by Crippen LogP contribution is -1.89. The summed E-state index contributed by atoms with van der Waals surface area (Å²) in [6, 6.07) is 7.56. The summed E-state index contributed by atoms with van der Waals surface area (Å²) in [6.07, 6.45) is 0. The van der Waals surface area contributed by atoms with Gasteiger partial charge in [0.05, 0.1) is 7.11 Å². The van der Waals surface area contributed by atoms with Gasteiger partial charge in [-0.05, 0) is 18.2 Å². The predicted molar refractivity (Wildman–Crippen MR) is 60.4 cm³/mol. The Bertz CT molecular complexity index is 477. The number of nitrogens with zero attached hydrogens (tertiary/aromatic N) is 2. The molecular formula is C12H14N2O2. The molecule has 0 aliphatic heterocycles. The summed E-state index contributed by atoms with van der Waals surface area (Å²) in [5.41, 5.74) is 0.874. The molecule has 0 unspecified atom stereocenters. The minimum atomic E-state index is 0.267. The van der Waals surface area contributed by atoms with Crippen molar-refractivity contribution in [1.29, 1.82) is 0 Å². The van der Waals surface area contributed by atoms with Gasteiger partial charge in [-0.1, -0.05) is 25.1 Å². The van der Waals surface area contributed by atoms with Crippen molar-refractivity contribution in [2.24, 2.45) is 0 Å². The van der Waals surface area contributed by atoms with Crippen LogP contribution in [0.2, 0.25) is 0 Å². The van der Waals surface area contributed by atoms with E-state index in [0.717, 1.165) is 17.1 Å². The molecule has 0 atom stereocenters. The van der Waals surface area contributed by atoms with Gasteiger partial charge < -0.3 is 9.26 Å². The second-order valence-corrected chi connectivity index (χ2v) is 3.84. The van der Waals surface area contributed by atoms with Gasteiger partial charge in [0.15, 0.2) is 5.82 Å². The third kappa shape index (κ3) is 2.05. The summed E-state index contributed by atoms with van der Waals surface area (Å²) in [5, 5.41) is 3.92. The predicted octanol–water partition coefficient (Wildman–Crippen LogP) is 2.87. The average molecular weight is 218 g/mol. The van der Waals surface area contributed by atoms with E-state index in [1.807, 2.05) is 38.1 Å². The zero-order valence-electron chi connectivity index (χ0n) is 9.60. The van der Waals surface area contributed by atoms with Crippen LogP contribution < -0.4 is 4.74 Å². The Morgan fingerprint density at radius 3 is 2.75 bits per heavy atom. The largest absolute Gasteiger partial charge is 0.497 e. The van der Waals surface area contributed by atoms with Crippen LogP contribution in [0.5, 0.6) is 5.75 Å². The minimum absolute atomic E-state index is 0.267. The highest BCUT2D eigenvalue weighted by atomic mass is 16.5. The minimum Gasteiger partial charge on any atom is -0.497 e. The first kappa shape index (κ1) is 10.7. The molecule has 0 spiro atoms. The molecule has 16 heavy (non-hydrogen) atoms. The van der Waals surface area contributed by atoms with Gasteiger partial charge in [-0.3, -0.25) is 0 Å². The summed E-state index contributed by atoms with van der Waals surface area (Å²) < 4.78 is 10.3. The zero-order valence-corrected chi connectivity index (χ0v) is 9.60. The van der Waals surface area contributed by atoms with Crippen LogP contribution in [0.3, 0.4) is 0 Å². The summed E-state index contributed by atoms with van der Waals surface area (Å²) in [7, 11) is 1.63. The van der Waals surface area contributed by atoms with E-state index in [1.165, 1.54) is 0 Å². The average Bonchev–Trinajstić information content (AvgIpc) is 2.78. The van der Waals surface area contributed by atoms with Gasteiger partial charge in [-0.2, -0.15) is 4.98 Å². The molecule has 4 heteroatoms. The molecular weight excluding hydrogens is 204 g/mol. The lowest BCUT2D eigenvalue weighted by atomic mass is 10.2. The van der Waals surface area contributed by atoms with E-state index in [9.17, 15) is 0 Å². The van der Waals surface area contributed by atoms with Crippen LogP contribution in [0.1, 0.15) is 25.6 Å². The first-order chi connectivity index (χ1) is 7.70. The number of hydrogen-bond donors (Lipinski definition) is 0. The first-order valence-electron chi connectivity index (χ1n) is 5.18. The van der Waals surface area contributed by atoms with E-state index < -0.39 is 0 Å². The fourth-order valence-corrected chi connectivity index (χ4v) is 1.34. The van der Waals surface area contributed by atoms with Gasteiger partial charge in [0, 0.05) is 11.5 Å². The topological polar surface area (TPSA) is 48.2 Å². The van der Waals surface area contributed by atoms with Crippen molar-refractivity contribution in [3.8, 4) is 17.2 Å². The second kappa shape index (κ2) is 4.35. The molecule has 2 rings (SSSR count). The maximum atomic E-state index is 5.19. The molecule has 0 bridgehead atoms. The van der Waals surface area contributed by atoms with Gasteiger partial charge >= 0.3 is 0 Å². The number of benzene rings is 1. The number of hydrogen-bond acceptors (Lipinski definition) is 4.